The lowest BCUT2D eigenvalue weighted by Crippen LogP contribution is -2.28. The van der Waals surface area contributed by atoms with Gasteiger partial charge in [0.2, 0.25) is 0 Å². The second-order valence-corrected chi connectivity index (χ2v) is 7.50. The molecular formula is C22H26N4O2. The van der Waals surface area contributed by atoms with Gasteiger partial charge in [0.05, 0.1) is 11.6 Å². The topological polar surface area (TPSA) is 71.1 Å². The monoisotopic (exact) mass is 378 g/mol. The second-order valence-electron chi connectivity index (χ2n) is 7.50. The molecule has 1 N–H and O–H groups in total. The van der Waals surface area contributed by atoms with Gasteiger partial charge in [0.1, 0.15) is 5.82 Å². The second kappa shape index (κ2) is 8.10. The van der Waals surface area contributed by atoms with E-state index in [4.69, 9.17) is 4.74 Å². The third-order valence-electron chi connectivity index (χ3n) is 5.31. The first-order chi connectivity index (χ1) is 13.6. The molecule has 3 heterocycles. The largest absolute Gasteiger partial charge is 0.378 e. The van der Waals surface area contributed by atoms with E-state index in [1.54, 1.807) is 4.90 Å². The van der Waals surface area contributed by atoms with Crippen LogP contribution in [0.1, 0.15) is 41.9 Å². The number of nitrogens with zero attached hydrogens (tertiary/aromatic N) is 3. The molecule has 2 aromatic heterocycles. The normalized spacial score (nSPS) is 16.6. The van der Waals surface area contributed by atoms with Gasteiger partial charge in [0.25, 0.3) is 5.91 Å². The number of aromatic nitrogens is 3. The fourth-order valence-corrected chi connectivity index (χ4v) is 3.73. The molecule has 0 unspecified atom stereocenters. The first-order valence-electron chi connectivity index (χ1n) is 9.90. The van der Waals surface area contributed by atoms with Crippen LogP contribution in [0.2, 0.25) is 0 Å². The van der Waals surface area contributed by atoms with E-state index in [0.29, 0.717) is 11.7 Å². The van der Waals surface area contributed by atoms with Crippen LogP contribution in [0.5, 0.6) is 0 Å². The number of H-pyrrole nitrogens is 1. The molecule has 1 atom stereocenters. The highest BCUT2D eigenvalue weighted by Crippen LogP contribution is 2.23. The number of fused-ring (bicyclic) bond motifs is 1. The van der Waals surface area contributed by atoms with Gasteiger partial charge in [-0.3, -0.25) is 4.79 Å². The summed E-state index contributed by atoms with van der Waals surface area (Å²) in [7, 11) is 1.87. The van der Waals surface area contributed by atoms with Gasteiger partial charge in [-0.25, -0.2) is 9.97 Å². The lowest BCUT2D eigenvalue weighted by molar-refractivity contribution is 0.0763. The Kier molecular flexibility index (Phi) is 5.39. The predicted octanol–water partition coefficient (Wildman–Crippen LogP) is 3.96. The Morgan fingerprint density at radius 2 is 2.11 bits per heavy atom. The number of imidazole rings is 1. The number of nitrogens with one attached hydrogen (secondary N) is 1. The molecule has 28 heavy (non-hydrogen) atoms. The fraction of sp³-hybridized carbons (Fsp3) is 0.409. The van der Waals surface area contributed by atoms with E-state index in [-0.39, 0.29) is 5.91 Å². The Balaban J connectivity index is 1.39. The number of carbonyl (C=O) groups is 1. The van der Waals surface area contributed by atoms with E-state index in [2.05, 4.69) is 15.0 Å². The maximum atomic E-state index is 12.7. The van der Waals surface area contributed by atoms with Crippen LogP contribution in [-0.4, -0.2) is 52.1 Å². The minimum atomic E-state index is 0.0525. The first kappa shape index (κ1) is 18.6. The van der Waals surface area contributed by atoms with Gasteiger partial charge in [-0.2, -0.15) is 0 Å². The summed E-state index contributed by atoms with van der Waals surface area (Å²) in [6.07, 6.45) is 6.51. The average molecular weight is 378 g/mol. The Labute approximate surface area is 164 Å². The summed E-state index contributed by atoms with van der Waals surface area (Å²) in [6.45, 7) is 3.55. The summed E-state index contributed by atoms with van der Waals surface area (Å²) in [4.78, 5) is 26.4. The zero-order valence-corrected chi connectivity index (χ0v) is 16.4. The molecule has 0 spiro atoms. The number of hydrogen-bond donors (Lipinski definition) is 1. The number of pyridine rings is 1. The molecule has 0 saturated carbocycles. The van der Waals surface area contributed by atoms with E-state index in [1.807, 2.05) is 50.5 Å². The van der Waals surface area contributed by atoms with Crippen LogP contribution in [0.4, 0.5) is 0 Å². The van der Waals surface area contributed by atoms with Crippen molar-refractivity contribution in [1.29, 1.82) is 0 Å². The van der Waals surface area contributed by atoms with Crippen LogP contribution in [0.15, 0.2) is 36.5 Å². The molecule has 0 bridgehead atoms. The van der Waals surface area contributed by atoms with Crippen molar-refractivity contribution in [3.63, 3.8) is 0 Å². The van der Waals surface area contributed by atoms with Crippen LogP contribution in [0.25, 0.3) is 22.3 Å². The van der Waals surface area contributed by atoms with Crippen LogP contribution in [0.3, 0.4) is 0 Å². The zero-order valence-electron chi connectivity index (χ0n) is 16.4. The van der Waals surface area contributed by atoms with Crippen molar-refractivity contribution >= 4 is 17.1 Å². The highest BCUT2D eigenvalue weighted by atomic mass is 16.5. The number of carbonyl (C=O) groups excluding carboxylic acids is 1. The number of amides is 1. The minimum absolute atomic E-state index is 0.0525. The molecular weight excluding hydrogens is 352 g/mol. The summed E-state index contributed by atoms with van der Waals surface area (Å²) in [6, 6.07) is 9.75. The summed E-state index contributed by atoms with van der Waals surface area (Å²) in [5, 5.41) is 0. The van der Waals surface area contributed by atoms with Gasteiger partial charge in [-0.1, -0.05) is 12.1 Å². The Hall–Kier alpha value is -2.73. The highest BCUT2D eigenvalue weighted by Gasteiger charge is 2.17. The molecule has 0 radical (unpaired) electrons. The lowest BCUT2D eigenvalue weighted by Gasteiger charge is -2.18. The maximum absolute atomic E-state index is 12.7. The van der Waals surface area contributed by atoms with E-state index >= 15 is 0 Å². The highest BCUT2D eigenvalue weighted by molar-refractivity contribution is 5.94. The molecule has 1 aliphatic rings. The average Bonchev–Trinajstić information content (AvgIpc) is 3.35. The SMILES string of the molecule is Cc1nc2ncc(-c3ccc(C(=O)N(C)CCC[C@H]4CCCO4)cc3)cc2[nH]1. The molecule has 4 rings (SSSR count). The Morgan fingerprint density at radius 3 is 2.86 bits per heavy atom. The van der Waals surface area contributed by atoms with Crippen LogP contribution < -0.4 is 0 Å². The molecule has 3 aromatic rings. The third kappa shape index (κ3) is 4.07. The molecule has 1 aromatic carbocycles. The number of aromatic amines is 1. The smallest absolute Gasteiger partial charge is 0.253 e. The van der Waals surface area contributed by atoms with Gasteiger partial charge in [0, 0.05) is 37.5 Å². The molecule has 1 aliphatic heterocycles. The summed E-state index contributed by atoms with van der Waals surface area (Å²) < 4.78 is 5.65. The van der Waals surface area contributed by atoms with E-state index < -0.39 is 0 Å². The Bertz CT molecular complexity index is 958. The van der Waals surface area contributed by atoms with Crippen molar-refractivity contribution in [3.8, 4) is 11.1 Å². The number of aryl methyl sites for hydroxylation is 1. The third-order valence-corrected chi connectivity index (χ3v) is 5.31. The standard InChI is InChI=1S/C22H26N4O2/c1-15-24-20-13-18(14-23-21(20)25-15)16-7-9-17(10-8-16)22(27)26(2)11-3-5-19-6-4-12-28-19/h7-10,13-14,19H,3-6,11-12H2,1-2H3,(H,23,24,25)/t19-/m0/s1. The fourth-order valence-electron chi connectivity index (χ4n) is 3.73. The zero-order chi connectivity index (χ0) is 19.5. The number of hydrogen-bond acceptors (Lipinski definition) is 4. The van der Waals surface area contributed by atoms with Gasteiger partial charge >= 0.3 is 0 Å². The molecule has 146 valence electrons. The predicted molar refractivity (Wildman–Crippen MR) is 109 cm³/mol. The molecule has 1 fully saturated rings. The summed E-state index contributed by atoms with van der Waals surface area (Å²) >= 11 is 0. The Morgan fingerprint density at radius 1 is 1.29 bits per heavy atom. The van der Waals surface area contributed by atoms with Crippen molar-refractivity contribution < 1.29 is 9.53 Å². The van der Waals surface area contributed by atoms with Crippen molar-refractivity contribution in [2.24, 2.45) is 0 Å². The summed E-state index contributed by atoms with van der Waals surface area (Å²) in [5.74, 6) is 0.903. The van der Waals surface area contributed by atoms with E-state index in [0.717, 1.165) is 67.0 Å². The van der Waals surface area contributed by atoms with Crippen LogP contribution in [-0.2, 0) is 4.74 Å². The van der Waals surface area contributed by atoms with E-state index in [9.17, 15) is 4.79 Å². The van der Waals surface area contributed by atoms with Crippen molar-refractivity contribution in [2.45, 2.75) is 38.7 Å². The van der Waals surface area contributed by atoms with Gasteiger partial charge in [-0.15, -0.1) is 0 Å². The van der Waals surface area contributed by atoms with Crippen molar-refractivity contribution in [3.05, 3.63) is 47.9 Å². The van der Waals surface area contributed by atoms with Crippen LogP contribution in [0, 0.1) is 6.92 Å². The number of ether oxygens (including phenoxy) is 1. The van der Waals surface area contributed by atoms with Gasteiger partial charge in [-0.05, 0) is 56.4 Å². The lowest BCUT2D eigenvalue weighted by atomic mass is 10.0. The van der Waals surface area contributed by atoms with Crippen molar-refractivity contribution in [1.82, 2.24) is 19.9 Å². The number of rotatable bonds is 6. The molecule has 0 aliphatic carbocycles. The van der Waals surface area contributed by atoms with E-state index in [1.165, 1.54) is 0 Å². The molecule has 1 saturated heterocycles. The first-order valence-corrected chi connectivity index (χ1v) is 9.90. The van der Waals surface area contributed by atoms with Crippen LogP contribution >= 0.6 is 0 Å². The number of benzene rings is 1. The quantitative estimate of drug-likeness (QED) is 0.705. The van der Waals surface area contributed by atoms with Crippen molar-refractivity contribution in [2.75, 3.05) is 20.2 Å². The van der Waals surface area contributed by atoms with Gasteiger partial charge < -0.3 is 14.6 Å². The molecule has 6 heteroatoms. The van der Waals surface area contributed by atoms with Gasteiger partial charge in [0.15, 0.2) is 5.65 Å². The minimum Gasteiger partial charge on any atom is -0.378 e. The maximum Gasteiger partial charge on any atom is 0.253 e. The summed E-state index contributed by atoms with van der Waals surface area (Å²) in [5.41, 5.74) is 4.37. The molecule has 6 nitrogen and oxygen atoms in total. The molecule has 1 amide bonds.